The molecule has 1 amide bonds. The van der Waals surface area contributed by atoms with Crippen LogP contribution in [0.4, 0.5) is 4.79 Å². The highest BCUT2D eigenvalue weighted by Gasteiger charge is 2.40. The minimum absolute atomic E-state index is 0.0197. The van der Waals surface area contributed by atoms with Crippen molar-refractivity contribution in [3.8, 4) is 5.75 Å². The van der Waals surface area contributed by atoms with Gasteiger partial charge in [0.15, 0.2) is 5.78 Å². The van der Waals surface area contributed by atoms with Crippen molar-refractivity contribution in [2.24, 2.45) is 0 Å². The summed E-state index contributed by atoms with van der Waals surface area (Å²) in [6.45, 7) is 21.8. The number of nitrogens with zero attached hydrogens (tertiary/aromatic N) is 1. The first-order valence-electron chi connectivity index (χ1n) is 10.8. The first-order valence-corrected chi connectivity index (χ1v) is 13.7. The van der Waals surface area contributed by atoms with Gasteiger partial charge in [0, 0.05) is 11.1 Å². The van der Waals surface area contributed by atoms with Crippen LogP contribution in [0.25, 0.3) is 0 Å². The summed E-state index contributed by atoms with van der Waals surface area (Å²) in [6.07, 6.45) is -1.15. The van der Waals surface area contributed by atoms with Crippen molar-refractivity contribution in [1.82, 2.24) is 4.90 Å². The molecule has 0 fully saturated rings. The maximum atomic E-state index is 13.4. The van der Waals surface area contributed by atoms with Gasteiger partial charge in [0.2, 0.25) is 8.32 Å². The van der Waals surface area contributed by atoms with E-state index in [0.717, 1.165) is 5.75 Å². The van der Waals surface area contributed by atoms with E-state index in [9.17, 15) is 14.7 Å². The van der Waals surface area contributed by atoms with Crippen molar-refractivity contribution in [3.63, 3.8) is 0 Å². The topological polar surface area (TPSA) is 76.1 Å². The van der Waals surface area contributed by atoms with Gasteiger partial charge in [0.1, 0.15) is 11.8 Å². The molecule has 0 saturated heterocycles. The Balaban J connectivity index is 3.23. The van der Waals surface area contributed by atoms with E-state index in [1.807, 2.05) is 20.8 Å². The van der Waals surface area contributed by atoms with E-state index in [4.69, 9.17) is 9.16 Å². The molecule has 0 bridgehead atoms. The zero-order valence-electron chi connectivity index (χ0n) is 21.1. The standard InChI is InChI=1S/C24H41NO5Si/c1-22(2,3)25(21(27)28)19(16-29-23(4,5)6)20(26)17-12-14-18(15-13-17)30-31(10,11)24(7,8)9/h12-15,19H,16H2,1-11H3,(H,27,28)/t19-/m0/s1. The molecule has 0 saturated carbocycles. The fraction of sp³-hybridized carbons (Fsp3) is 0.667. The molecule has 0 aliphatic carbocycles. The van der Waals surface area contributed by atoms with Crippen LogP contribution < -0.4 is 4.43 Å². The highest BCUT2D eigenvalue weighted by atomic mass is 28.4. The molecule has 0 unspecified atom stereocenters. The van der Waals surface area contributed by atoms with E-state index in [1.165, 1.54) is 4.90 Å². The maximum absolute atomic E-state index is 13.4. The highest BCUT2D eigenvalue weighted by molar-refractivity contribution is 6.74. The average molecular weight is 452 g/mol. The molecule has 1 N–H and O–H groups in total. The smallest absolute Gasteiger partial charge is 0.408 e. The summed E-state index contributed by atoms with van der Waals surface area (Å²) in [4.78, 5) is 26.6. The third kappa shape index (κ3) is 7.65. The van der Waals surface area contributed by atoms with Crippen molar-refractivity contribution >= 4 is 20.2 Å². The Labute approximate surface area is 189 Å². The van der Waals surface area contributed by atoms with Gasteiger partial charge in [-0.2, -0.15) is 0 Å². The predicted octanol–water partition coefficient (Wildman–Crippen LogP) is 6.22. The quantitative estimate of drug-likeness (QED) is 0.394. The molecule has 7 heteroatoms. The second-order valence-electron chi connectivity index (χ2n) is 11.5. The van der Waals surface area contributed by atoms with Crippen LogP contribution in [-0.2, 0) is 4.74 Å². The number of benzene rings is 1. The Bertz CT molecular complexity index is 767. The van der Waals surface area contributed by atoms with Crippen molar-refractivity contribution in [1.29, 1.82) is 0 Å². The van der Waals surface area contributed by atoms with Gasteiger partial charge in [-0.05, 0) is 83.9 Å². The average Bonchev–Trinajstić information content (AvgIpc) is 2.54. The van der Waals surface area contributed by atoms with Gasteiger partial charge in [-0.25, -0.2) is 4.79 Å². The molecule has 0 heterocycles. The number of ether oxygens (including phenoxy) is 1. The predicted molar refractivity (Wildman–Crippen MR) is 128 cm³/mol. The van der Waals surface area contributed by atoms with Crippen LogP contribution in [0.15, 0.2) is 24.3 Å². The van der Waals surface area contributed by atoms with Crippen molar-refractivity contribution in [3.05, 3.63) is 29.8 Å². The number of carboxylic acid groups (broad SMARTS) is 1. The fourth-order valence-electron chi connectivity index (χ4n) is 2.81. The Kier molecular flexibility index (Phi) is 8.17. The van der Waals surface area contributed by atoms with E-state index >= 15 is 0 Å². The molecule has 0 radical (unpaired) electrons. The van der Waals surface area contributed by atoms with E-state index in [0.29, 0.717) is 5.56 Å². The molecule has 0 aromatic heterocycles. The number of Topliss-reactive ketones (excluding diaryl/α,β-unsaturated/α-hetero) is 1. The lowest BCUT2D eigenvalue weighted by atomic mass is 9.97. The van der Waals surface area contributed by atoms with Gasteiger partial charge in [-0.3, -0.25) is 9.69 Å². The number of carbonyl (C=O) groups is 2. The minimum atomic E-state index is -1.99. The van der Waals surface area contributed by atoms with Crippen molar-refractivity contribution < 1.29 is 23.9 Å². The Morgan fingerprint density at radius 1 is 0.968 bits per heavy atom. The molecule has 0 aliphatic rings. The molecule has 176 valence electrons. The molecular weight excluding hydrogens is 410 g/mol. The van der Waals surface area contributed by atoms with Gasteiger partial charge in [-0.1, -0.05) is 20.8 Å². The van der Waals surface area contributed by atoms with E-state index in [2.05, 4.69) is 33.9 Å². The third-order valence-electron chi connectivity index (χ3n) is 5.54. The number of hydrogen-bond donors (Lipinski definition) is 1. The van der Waals surface area contributed by atoms with Gasteiger partial charge in [0.05, 0.1) is 12.2 Å². The van der Waals surface area contributed by atoms with Crippen LogP contribution in [0.1, 0.15) is 72.7 Å². The lowest BCUT2D eigenvalue weighted by Gasteiger charge is -2.39. The molecule has 6 nitrogen and oxygen atoms in total. The second-order valence-corrected chi connectivity index (χ2v) is 16.2. The lowest BCUT2D eigenvalue weighted by molar-refractivity contribution is -0.0390. The Morgan fingerprint density at radius 2 is 1.45 bits per heavy atom. The summed E-state index contributed by atoms with van der Waals surface area (Å²) in [7, 11) is -1.99. The van der Waals surface area contributed by atoms with Gasteiger partial charge in [0.25, 0.3) is 0 Å². The molecular formula is C24H41NO5Si. The normalized spacial score (nSPS) is 14.2. The first kappa shape index (κ1) is 27.2. The first-order chi connectivity index (χ1) is 13.8. The molecule has 0 aliphatic heterocycles. The monoisotopic (exact) mass is 451 g/mol. The van der Waals surface area contributed by atoms with E-state index < -0.39 is 31.6 Å². The van der Waals surface area contributed by atoms with Gasteiger partial charge in [-0.15, -0.1) is 0 Å². The fourth-order valence-corrected chi connectivity index (χ4v) is 3.84. The molecule has 1 atom stereocenters. The summed E-state index contributed by atoms with van der Waals surface area (Å²) in [5.41, 5.74) is -0.833. The van der Waals surface area contributed by atoms with Crippen LogP contribution in [0.5, 0.6) is 5.75 Å². The number of carbonyl (C=O) groups excluding carboxylic acids is 1. The highest BCUT2D eigenvalue weighted by Crippen LogP contribution is 2.37. The van der Waals surface area contributed by atoms with Crippen LogP contribution in [0.3, 0.4) is 0 Å². The summed E-state index contributed by atoms with van der Waals surface area (Å²) in [5.74, 6) is 0.428. The molecule has 1 rings (SSSR count). The summed E-state index contributed by atoms with van der Waals surface area (Å²) in [5, 5.41) is 9.92. The zero-order chi connectivity index (χ0) is 24.4. The molecule has 1 aromatic carbocycles. The molecule has 0 spiro atoms. The third-order valence-corrected chi connectivity index (χ3v) is 9.89. The van der Waals surface area contributed by atoms with Crippen LogP contribution >= 0.6 is 0 Å². The summed E-state index contributed by atoms with van der Waals surface area (Å²) < 4.78 is 12.1. The maximum Gasteiger partial charge on any atom is 0.408 e. The summed E-state index contributed by atoms with van der Waals surface area (Å²) >= 11 is 0. The van der Waals surface area contributed by atoms with Crippen molar-refractivity contribution in [2.45, 2.75) is 97.6 Å². The Morgan fingerprint density at radius 3 is 1.81 bits per heavy atom. The zero-order valence-corrected chi connectivity index (χ0v) is 22.1. The largest absolute Gasteiger partial charge is 0.544 e. The second kappa shape index (κ2) is 9.33. The van der Waals surface area contributed by atoms with Gasteiger partial charge >= 0.3 is 6.09 Å². The molecule has 31 heavy (non-hydrogen) atoms. The number of ketones is 1. The van der Waals surface area contributed by atoms with Crippen LogP contribution in [-0.4, -0.2) is 54.0 Å². The van der Waals surface area contributed by atoms with Crippen LogP contribution in [0.2, 0.25) is 18.1 Å². The molecule has 1 aromatic rings. The number of rotatable bonds is 7. The lowest BCUT2D eigenvalue weighted by Crippen LogP contribution is -2.56. The van der Waals surface area contributed by atoms with E-state index in [-0.39, 0.29) is 17.4 Å². The van der Waals surface area contributed by atoms with Gasteiger partial charge < -0.3 is 14.3 Å². The van der Waals surface area contributed by atoms with Crippen molar-refractivity contribution in [2.75, 3.05) is 6.61 Å². The summed E-state index contributed by atoms with van der Waals surface area (Å²) in [6, 6.07) is 6.04. The number of amides is 1. The minimum Gasteiger partial charge on any atom is -0.544 e. The Hall–Kier alpha value is -1.86. The SMILES string of the molecule is CC(C)(C)OC[C@@H](C(=O)c1ccc(O[Si](C)(C)C(C)(C)C)cc1)N(C(=O)O)C(C)(C)C. The van der Waals surface area contributed by atoms with Crippen LogP contribution in [0, 0.1) is 0 Å². The number of hydrogen-bond acceptors (Lipinski definition) is 4. The van der Waals surface area contributed by atoms with E-state index in [1.54, 1.807) is 45.0 Å².